The molecule has 6 nitrogen and oxygen atoms in total. The van der Waals surface area contributed by atoms with Crippen molar-refractivity contribution >= 4 is 16.9 Å². The molecule has 1 amide bonds. The van der Waals surface area contributed by atoms with Crippen molar-refractivity contribution in [2.45, 2.75) is 25.8 Å². The van der Waals surface area contributed by atoms with Crippen LogP contribution in [-0.2, 0) is 4.79 Å². The summed E-state index contributed by atoms with van der Waals surface area (Å²) in [5.41, 5.74) is 1.69. The van der Waals surface area contributed by atoms with Gasteiger partial charge in [0.05, 0.1) is 23.6 Å². The monoisotopic (exact) mass is 393 g/mol. The van der Waals surface area contributed by atoms with Crippen LogP contribution in [0.15, 0.2) is 57.7 Å². The number of likely N-dealkylation sites (tertiary alicyclic amines) is 1. The maximum absolute atomic E-state index is 13.0. The SMILES string of the molecule is Cc1oc2cc(OCC(=O)N3CCC[C@H]3CO)ccc2c(=O)c1-c1ccccc1. The van der Waals surface area contributed by atoms with Crippen LogP contribution in [0.1, 0.15) is 18.6 Å². The van der Waals surface area contributed by atoms with E-state index in [-0.39, 0.29) is 30.6 Å². The van der Waals surface area contributed by atoms with Gasteiger partial charge in [0.2, 0.25) is 5.43 Å². The van der Waals surface area contributed by atoms with Gasteiger partial charge in [-0.15, -0.1) is 0 Å². The summed E-state index contributed by atoms with van der Waals surface area (Å²) >= 11 is 0. The number of aliphatic hydroxyl groups is 1. The minimum Gasteiger partial charge on any atom is -0.484 e. The topological polar surface area (TPSA) is 80.0 Å². The van der Waals surface area contributed by atoms with Crippen molar-refractivity contribution in [2.75, 3.05) is 19.8 Å². The number of ether oxygens (including phenoxy) is 1. The van der Waals surface area contributed by atoms with Gasteiger partial charge in [-0.3, -0.25) is 9.59 Å². The Labute approximate surface area is 168 Å². The Bertz CT molecular complexity index is 1090. The number of rotatable bonds is 5. The highest BCUT2D eigenvalue weighted by molar-refractivity contribution is 5.84. The number of benzene rings is 2. The molecule has 1 fully saturated rings. The minimum absolute atomic E-state index is 0.0318. The smallest absolute Gasteiger partial charge is 0.260 e. The van der Waals surface area contributed by atoms with Crippen LogP contribution in [0, 0.1) is 6.92 Å². The maximum atomic E-state index is 13.0. The summed E-state index contributed by atoms with van der Waals surface area (Å²) in [6.45, 7) is 2.26. The first-order valence-electron chi connectivity index (χ1n) is 9.74. The Balaban J connectivity index is 1.57. The summed E-state index contributed by atoms with van der Waals surface area (Å²) in [6.07, 6.45) is 1.70. The van der Waals surface area contributed by atoms with Crippen LogP contribution in [0.3, 0.4) is 0 Å². The second-order valence-electron chi connectivity index (χ2n) is 7.24. The van der Waals surface area contributed by atoms with E-state index in [2.05, 4.69) is 0 Å². The van der Waals surface area contributed by atoms with Crippen LogP contribution < -0.4 is 10.2 Å². The van der Waals surface area contributed by atoms with Crippen molar-refractivity contribution < 1.29 is 19.1 Å². The van der Waals surface area contributed by atoms with E-state index in [1.165, 1.54) is 0 Å². The van der Waals surface area contributed by atoms with Gasteiger partial charge < -0.3 is 19.2 Å². The van der Waals surface area contributed by atoms with Gasteiger partial charge in [0.15, 0.2) is 6.61 Å². The fourth-order valence-corrected chi connectivity index (χ4v) is 3.90. The quantitative estimate of drug-likeness (QED) is 0.720. The summed E-state index contributed by atoms with van der Waals surface area (Å²) in [4.78, 5) is 27.0. The predicted molar refractivity (Wildman–Crippen MR) is 110 cm³/mol. The van der Waals surface area contributed by atoms with Gasteiger partial charge in [0.25, 0.3) is 5.91 Å². The highest BCUT2D eigenvalue weighted by Gasteiger charge is 2.28. The van der Waals surface area contributed by atoms with Gasteiger partial charge in [-0.25, -0.2) is 0 Å². The first kappa shape index (κ1) is 19.2. The number of amides is 1. The molecule has 29 heavy (non-hydrogen) atoms. The Kier molecular flexibility index (Phi) is 5.36. The number of fused-ring (bicyclic) bond motifs is 1. The summed E-state index contributed by atoms with van der Waals surface area (Å²) < 4.78 is 11.5. The Morgan fingerprint density at radius 2 is 2.03 bits per heavy atom. The summed E-state index contributed by atoms with van der Waals surface area (Å²) in [5.74, 6) is 0.837. The van der Waals surface area contributed by atoms with Crippen LogP contribution in [-0.4, -0.2) is 41.7 Å². The lowest BCUT2D eigenvalue weighted by molar-refractivity contribution is -0.134. The third kappa shape index (κ3) is 3.76. The van der Waals surface area contributed by atoms with Crippen LogP contribution in [0.5, 0.6) is 5.75 Å². The van der Waals surface area contributed by atoms with Crippen LogP contribution >= 0.6 is 0 Å². The van der Waals surface area contributed by atoms with Gasteiger partial charge in [0, 0.05) is 12.6 Å². The zero-order chi connectivity index (χ0) is 20.4. The van der Waals surface area contributed by atoms with E-state index in [0.29, 0.717) is 34.6 Å². The van der Waals surface area contributed by atoms with Crippen molar-refractivity contribution in [1.82, 2.24) is 4.90 Å². The fourth-order valence-electron chi connectivity index (χ4n) is 3.90. The third-order valence-electron chi connectivity index (χ3n) is 5.37. The minimum atomic E-state index is -0.154. The third-order valence-corrected chi connectivity index (χ3v) is 5.37. The van der Waals surface area contributed by atoms with E-state index in [1.807, 2.05) is 30.3 Å². The molecule has 1 atom stereocenters. The van der Waals surface area contributed by atoms with Crippen LogP contribution in [0.2, 0.25) is 0 Å². The predicted octanol–water partition coefficient (Wildman–Crippen LogP) is 3.13. The lowest BCUT2D eigenvalue weighted by Crippen LogP contribution is -2.40. The van der Waals surface area contributed by atoms with E-state index in [0.717, 1.165) is 18.4 Å². The molecule has 4 rings (SSSR count). The van der Waals surface area contributed by atoms with Crippen LogP contribution in [0.25, 0.3) is 22.1 Å². The molecular weight excluding hydrogens is 370 g/mol. The van der Waals surface area contributed by atoms with Gasteiger partial charge >= 0.3 is 0 Å². The Morgan fingerprint density at radius 1 is 1.24 bits per heavy atom. The molecule has 0 unspecified atom stereocenters. The highest BCUT2D eigenvalue weighted by Crippen LogP contribution is 2.26. The zero-order valence-electron chi connectivity index (χ0n) is 16.3. The largest absolute Gasteiger partial charge is 0.484 e. The van der Waals surface area contributed by atoms with Crippen molar-refractivity contribution in [2.24, 2.45) is 0 Å². The Hall–Kier alpha value is -3.12. The average molecular weight is 393 g/mol. The molecule has 0 saturated carbocycles. The number of carbonyl (C=O) groups is 1. The Morgan fingerprint density at radius 3 is 2.79 bits per heavy atom. The number of hydrogen-bond donors (Lipinski definition) is 1. The molecule has 0 bridgehead atoms. The second-order valence-corrected chi connectivity index (χ2v) is 7.24. The average Bonchev–Trinajstić information content (AvgIpc) is 3.21. The summed E-state index contributed by atoms with van der Waals surface area (Å²) in [7, 11) is 0. The van der Waals surface area contributed by atoms with E-state index in [1.54, 1.807) is 30.0 Å². The molecule has 1 saturated heterocycles. The van der Waals surface area contributed by atoms with E-state index in [9.17, 15) is 14.7 Å². The molecule has 0 radical (unpaired) electrons. The fraction of sp³-hybridized carbons (Fsp3) is 0.304. The molecule has 0 spiro atoms. The number of nitrogens with zero attached hydrogens (tertiary/aromatic N) is 1. The first-order valence-corrected chi connectivity index (χ1v) is 9.74. The molecule has 150 valence electrons. The molecular formula is C23H23NO5. The van der Waals surface area contributed by atoms with Gasteiger partial charge in [-0.2, -0.15) is 0 Å². The first-order chi connectivity index (χ1) is 14.1. The number of aryl methyl sites for hydroxylation is 1. The van der Waals surface area contributed by atoms with Crippen molar-refractivity contribution in [3.8, 4) is 16.9 Å². The lowest BCUT2D eigenvalue weighted by Gasteiger charge is -2.22. The van der Waals surface area contributed by atoms with Gasteiger partial charge in [-0.1, -0.05) is 30.3 Å². The molecule has 3 aromatic rings. The molecule has 1 aliphatic rings. The number of hydrogen-bond acceptors (Lipinski definition) is 5. The lowest BCUT2D eigenvalue weighted by atomic mass is 10.0. The summed E-state index contributed by atoms with van der Waals surface area (Å²) in [5, 5.41) is 9.83. The van der Waals surface area contributed by atoms with Crippen molar-refractivity contribution in [3.63, 3.8) is 0 Å². The molecule has 6 heteroatoms. The maximum Gasteiger partial charge on any atom is 0.260 e. The van der Waals surface area contributed by atoms with E-state index in [4.69, 9.17) is 9.15 Å². The van der Waals surface area contributed by atoms with Crippen LogP contribution in [0.4, 0.5) is 0 Å². The molecule has 1 aliphatic heterocycles. The molecule has 1 aromatic heterocycles. The second kappa shape index (κ2) is 8.09. The molecule has 2 heterocycles. The summed E-state index contributed by atoms with van der Waals surface area (Å²) in [6, 6.07) is 14.3. The molecule has 0 aliphatic carbocycles. The highest BCUT2D eigenvalue weighted by atomic mass is 16.5. The van der Waals surface area contributed by atoms with Gasteiger partial charge in [0.1, 0.15) is 17.1 Å². The molecule has 2 aromatic carbocycles. The zero-order valence-corrected chi connectivity index (χ0v) is 16.3. The van der Waals surface area contributed by atoms with Crippen molar-refractivity contribution in [1.29, 1.82) is 0 Å². The standard InChI is InChI=1S/C23H23NO5/c1-15-22(16-6-3-2-4-7-16)23(27)19-10-9-18(12-20(19)29-15)28-14-21(26)24-11-5-8-17(24)13-25/h2-4,6-7,9-10,12,17,25H,5,8,11,13-14H2,1H3/t17-/m0/s1. The van der Waals surface area contributed by atoms with Crippen molar-refractivity contribution in [3.05, 3.63) is 64.5 Å². The van der Waals surface area contributed by atoms with Gasteiger partial charge in [-0.05, 0) is 37.5 Å². The normalized spacial score (nSPS) is 16.3. The number of carbonyl (C=O) groups excluding carboxylic acids is 1. The van der Waals surface area contributed by atoms with E-state index < -0.39 is 0 Å². The molecule has 1 N–H and O–H groups in total. The van der Waals surface area contributed by atoms with E-state index >= 15 is 0 Å². The number of aliphatic hydroxyl groups excluding tert-OH is 1.